The molecule has 1 fully saturated rings. The first-order chi connectivity index (χ1) is 13.2. The fraction of sp³-hybridized carbons (Fsp3) is 0.435. The number of nitrogens with one attached hydrogen (secondary N) is 1. The number of hydrogen-bond donors (Lipinski definition) is 1. The van der Waals surface area contributed by atoms with E-state index in [2.05, 4.69) is 48.3 Å². The number of nitrogens with zero attached hydrogens (tertiary/aromatic N) is 1. The van der Waals surface area contributed by atoms with E-state index in [9.17, 15) is 4.79 Å². The zero-order chi connectivity index (χ0) is 19.1. The van der Waals surface area contributed by atoms with Crippen molar-refractivity contribution in [1.29, 1.82) is 0 Å². The van der Waals surface area contributed by atoms with Crippen LogP contribution in [0.1, 0.15) is 53.7 Å². The second-order valence-corrected chi connectivity index (χ2v) is 7.22. The molecule has 1 heterocycles. The molecule has 5 heteroatoms. The Morgan fingerprint density at radius 3 is 2.46 bits per heavy atom. The van der Waals surface area contributed by atoms with Crippen LogP contribution in [-0.4, -0.2) is 37.0 Å². The summed E-state index contributed by atoms with van der Waals surface area (Å²) in [4.78, 5) is 15.3. The quantitative estimate of drug-likeness (QED) is 0.691. The summed E-state index contributed by atoms with van der Waals surface area (Å²) in [6.07, 6.45) is 3.37. The van der Waals surface area contributed by atoms with Crippen LogP contribution in [0.5, 0.6) is 5.75 Å². The van der Waals surface area contributed by atoms with Crippen LogP contribution in [0.15, 0.2) is 48.5 Å². The van der Waals surface area contributed by atoms with Gasteiger partial charge in [-0.3, -0.25) is 9.69 Å². The third-order valence-electron chi connectivity index (χ3n) is 5.09. The van der Waals surface area contributed by atoms with Gasteiger partial charge in [0.05, 0.1) is 18.2 Å². The SMILES string of the molecule is CCCOc1ccccc1C(=O)NCC(c1ccc(C)cc1)N1CCCC1.Cl. The Morgan fingerprint density at radius 2 is 1.79 bits per heavy atom. The van der Waals surface area contributed by atoms with E-state index in [-0.39, 0.29) is 24.4 Å². The molecular formula is C23H31ClN2O2. The minimum absolute atomic E-state index is 0. The third kappa shape index (κ3) is 5.73. The van der Waals surface area contributed by atoms with Crippen molar-refractivity contribution in [3.63, 3.8) is 0 Å². The van der Waals surface area contributed by atoms with E-state index in [4.69, 9.17) is 4.74 Å². The summed E-state index contributed by atoms with van der Waals surface area (Å²) in [7, 11) is 0. The molecule has 4 nitrogen and oxygen atoms in total. The monoisotopic (exact) mass is 402 g/mol. The van der Waals surface area contributed by atoms with Crippen molar-refractivity contribution in [1.82, 2.24) is 10.2 Å². The molecule has 1 amide bonds. The maximum absolute atomic E-state index is 12.8. The van der Waals surface area contributed by atoms with E-state index < -0.39 is 0 Å². The molecule has 1 saturated heterocycles. The van der Waals surface area contributed by atoms with E-state index in [0.29, 0.717) is 24.5 Å². The lowest BCUT2D eigenvalue weighted by Gasteiger charge is -2.28. The van der Waals surface area contributed by atoms with Gasteiger partial charge in [-0.25, -0.2) is 0 Å². The van der Waals surface area contributed by atoms with Gasteiger partial charge in [0.1, 0.15) is 5.75 Å². The van der Waals surface area contributed by atoms with Gasteiger partial charge in [-0.15, -0.1) is 12.4 Å². The topological polar surface area (TPSA) is 41.6 Å². The number of aryl methyl sites for hydroxylation is 1. The molecule has 1 N–H and O–H groups in total. The highest BCUT2D eigenvalue weighted by molar-refractivity contribution is 5.96. The smallest absolute Gasteiger partial charge is 0.255 e. The van der Waals surface area contributed by atoms with E-state index in [1.165, 1.54) is 24.0 Å². The summed E-state index contributed by atoms with van der Waals surface area (Å²) in [5, 5.41) is 3.15. The molecule has 28 heavy (non-hydrogen) atoms. The van der Waals surface area contributed by atoms with Crippen LogP contribution in [-0.2, 0) is 0 Å². The van der Waals surface area contributed by atoms with Crippen LogP contribution in [0.3, 0.4) is 0 Å². The maximum Gasteiger partial charge on any atom is 0.255 e. The molecule has 0 aromatic heterocycles. The van der Waals surface area contributed by atoms with Crippen LogP contribution < -0.4 is 10.1 Å². The van der Waals surface area contributed by atoms with Crippen LogP contribution in [0.2, 0.25) is 0 Å². The van der Waals surface area contributed by atoms with E-state index in [0.717, 1.165) is 19.5 Å². The molecule has 0 spiro atoms. The van der Waals surface area contributed by atoms with Gasteiger partial charge >= 0.3 is 0 Å². The molecule has 2 aromatic rings. The van der Waals surface area contributed by atoms with Gasteiger partial charge in [-0.1, -0.05) is 48.9 Å². The molecule has 2 aromatic carbocycles. The van der Waals surface area contributed by atoms with Gasteiger partial charge in [0.2, 0.25) is 0 Å². The number of para-hydroxylation sites is 1. The van der Waals surface area contributed by atoms with Crippen LogP contribution in [0.25, 0.3) is 0 Å². The van der Waals surface area contributed by atoms with Crippen LogP contribution in [0, 0.1) is 6.92 Å². The van der Waals surface area contributed by atoms with Crippen LogP contribution >= 0.6 is 12.4 Å². The summed E-state index contributed by atoms with van der Waals surface area (Å²) in [6, 6.07) is 16.3. The van der Waals surface area contributed by atoms with E-state index >= 15 is 0 Å². The molecule has 1 unspecified atom stereocenters. The van der Waals surface area contributed by atoms with Crippen molar-refractivity contribution in [2.75, 3.05) is 26.2 Å². The number of likely N-dealkylation sites (tertiary alicyclic amines) is 1. The third-order valence-corrected chi connectivity index (χ3v) is 5.09. The van der Waals surface area contributed by atoms with Crippen molar-refractivity contribution in [3.05, 3.63) is 65.2 Å². The first-order valence-corrected chi connectivity index (χ1v) is 9.99. The van der Waals surface area contributed by atoms with Crippen LogP contribution in [0.4, 0.5) is 0 Å². The van der Waals surface area contributed by atoms with Crippen molar-refractivity contribution in [2.45, 2.75) is 39.2 Å². The lowest BCUT2D eigenvalue weighted by Crippen LogP contribution is -2.37. The van der Waals surface area contributed by atoms with Gasteiger partial charge in [-0.05, 0) is 57.0 Å². The molecule has 1 aliphatic rings. The second kappa shape index (κ2) is 11.1. The fourth-order valence-electron chi connectivity index (χ4n) is 3.58. The number of carbonyl (C=O) groups excluding carboxylic acids is 1. The van der Waals surface area contributed by atoms with E-state index in [1.807, 2.05) is 24.3 Å². The molecule has 0 aliphatic carbocycles. The molecular weight excluding hydrogens is 372 g/mol. The Labute approximate surface area is 174 Å². The highest BCUT2D eigenvalue weighted by atomic mass is 35.5. The van der Waals surface area contributed by atoms with Gasteiger partial charge in [0.25, 0.3) is 5.91 Å². The number of ether oxygens (including phenoxy) is 1. The van der Waals surface area contributed by atoms with Gasteiger partial charge in [0, 0.05) is 6.54 Å². The van der Waals surface area contributed by atoms with Gasteiger partial charge in [-0.2, -0.15) is 0 Å². The molecule has 1 aliphatic heterocycles. The first kappa shape index (κ1) is 22.3. The Bertz CT molecular complexity index is 743. The largest absolute Gasteiger partial charge is 0.493 e. The fourth-order valence-corrected chi connectivity index (χ4v) is 3.58. The van der Waals surface area contributed by atoms with Gasteiger partial charge in [0.15, 0.2) is 0 Å². The first-order valence-electron chi connectivity index (χ1n) is 9.99. The normalized spacial score (nSPS) is 14.9. The second-order valence-electron chi connectivity index (χ2n) is 7.22. The number of benzene rings is 2. The minimum Gasteiger partial charge on any atom is -0.493 e. The molecule has 0 saturated carbocycles. The molecule has 1 atom stereocenters. The number of halogens is 1. The lowest BCUT2D eigenvalue weighted by molar-refractivity contribution is 0.0934. The van der Waals surface area contributed by atoms with Gasteiger partial charge < -0.3 is 10.1 Å². The predicted molar refractivity (Wildman–Crippen MR) is 117 cm³/mol. The lowest BCUT2D eigenvalue weighted by atomic mass is 10.0. The molecule has 0 radical (unpaired) electrons. The number of hydrogen-bond acceptors (Lipinski definition) is 3. The Kier molecular flexibility index (Phi) is 8.81. The number of carbonyl (C=O) groups is 1. The molecule has 3 rings (SSSR count). The zero-order valence-corrected chi connectivity index (χ0v) is 17.6. The summed E-state index contributed by atoms with van der Waals surface area (Å²) in [6.45, 7) is 7.55. The number of amides is 1. The Balaban J connectivity index is 0.00000280. The standard InChI is InChI=1S/C23H30N2O2.ClH/c1-3-16-27-22-9-5-4-8-20(22)23(26)24-17-21(25-14-6-7-15-25)19-12-10-18(2)11-13-19;/h4-5,8-13,21H,3,6-7,14-17H2,1-2H3,(H,24,26);1H. The zero-order valence-electron chi connectivity index (χ0n) is 16.8. The van der Waals surface area contributed by atoms with Crippen molar-refractivity contribution < 1.29 is 9.53 Å². The van der Waals surface area contributed by atoms with Crippen molar-refractivity contribution >= 4 is 18.3 Å². The average Bonchev–Trinajstić information content (AvgIpc) is 3.22. The highest BCUT2D eigenvalue weighted by Gasteiger charge is 2.24. The molecule has 152 valence electrons. The summed E-state index contributed by atoms with van der Waals surface area (Å²) >= 11 is 0. The van der Waals surface area contributed by atoms with Crippen molar-refractivity contribution in [3.8, 4) is 5.75 Å². The Hall–Kier alpha value is -2.04. The maximum atomic E-state index is 12.8. The summed E-state index contributed by atoms with van der Waals surface area (Å²) in [5.74, 6) is 0.586. The van der Waals surface area contributed by atoms with E-state index in [1.54, 1.807) is 0 Å². The Morgan fingerprint density at radius 1 is 1.11 bits per heavy atom. The summed E-state index contributed by atoms with van der Waals surface area (Å²) < 4.78 is 5.74. The highest BCUT2D eigenvalue weighted by Crippen LogP contribution is 2.25. The summed E-state index contributed by atoms with van der Waals surface area (Å²) in [5.41, 5.74) is 3.12. The predicted octanol–water partition coefficient (Wildman–Crippen LogP) is 4.77. The number of rotatable bonds is 8. The average molecular weight is 403 g/mol. The molecule has 0 bridgehead atoms. The van der Waals surface area contributed by atoms with Crippen molar-refractivity contribution in [2.24, 2.45) is 0 Å². The minimum atomic E-state index is -0.0713.